The number of nitro groups is 1. The summed E-state index contributed by atoms with van der Waals surface area (Å²) in [6, 6.07) is 5.84. The maximum absolute atomic E-state index is 13.1. The fraction of sp³-hybridized carbons (Fsp3) is 0.364. The monoisotopic (exact) mass is 396 g/mol. The van der Waals surface area contributed by atoms with Gasteiger partial charge in [-0.05, 0) is 62.8 Å². The Morgan fingerprint density at radius 1 is 1.28 bits per heavy atom. The van der Waals surface area contributed by atoms with Gasteiger partial charge in [-0.1, -0.05) is 11.6 Å². The number of rotatable bonds is 6. The quantitative estimate of drug-likeness (QED) is 0.237. The van der Waals surface area contributed by atoms with Crippen molar-refractivity contribution in [2.45, 2.75) is 39.0 Å². The van der Waals surface area contributed by atoms with Crippen LogP contribution in [-0.2, 0) is 14.3 Å². The zero-order chi connectivity index (χ0) is 21.0. The normalized spacial score (nSPS) is 18.3. The standard InChI is InChI=1S/C22H24N2O5/c1-15-20(22(26)29-2)19(14-17-8-10-18(11-9-17)24(27)28)21(25)23(15)13-12-16-6-4-3-5-7-16/h6,8-11,14H,3-5,7,12-13H2,1-2H3/b19-14-. The van der Waals surface area contributed by atoms with E-state index in [0.29, 0.717) is 17.8 Å². The molecule has 1 aliphatic heterocycles. The summed E-state index contributed by atoms with van der Waals surface area (Å²) in [7, 11) is 1.28. The first-order chi connectivity index (χ1) is 13.9. The van der Waals surface area contributed by atoms with Gasteiger partial charge in [0.1, 0.15) is 0 Å². The Bertz CT molecular complexity index is 925. The lowest BCUT2D eigenvalue weighted by Crippen LogP contribution is -2.26. The number of carbonyl (C=O) groups is 2. The van der Waals surface area contributed by atoms with Crippen molar-refractivity contribution in [2.24, 2.45) is 0 Å². The molecule has 0 bridgehead atoms. The first kappa shape index (κ1) is 20.5. The number of nitro benzene ring substituents is 1. The largest absolute Gasteiger partial charge is 0.465 e. The van der Waals surface area contributed by atoms with Crippen molar-refractivity contribution in [2.75, 3.05) is 13.7 Å². The van der Waals surface area contributed by atoms with Crippen LogP contribution >= 0.6 is 0 Å². The van der Waals surface area contributed by atoms with Crippen molar-refractivity contribution in [1.29, 1.82) is 0 Å². The molecule has 2 aliphatic rings. The molecule has 0 unspecified atom stereocenters. The molecule has 0 spiro atoms. The molecule has 3 rings (SSSR count). The molecule has 0 fully saturated rings. The molecule has 0 aromatic heterocycles. The lowest BCUT2D eigenvalue weighted by molar-refractivity contribution is -0.384. The highest BCUT2D eigenvalue weighted by molar-refractivity contribution is 6.16. The second kappa shape index (κ2) is 8.86. The second-order valence-corrected chi connectivity index (χ2v) is 7.17. The van der Waals surface area contributed by atoms with Crippen LogP contribution < -0.4 is 0 Å². The van der Waals surface area contributed by atoms with E-state index in [1.807, 2.05) is 0 Å². The van der Waals surface area contributed by atoms with Gasteiger partial charge < -0.3 is 9.64 Å². The molecule has 0 atom stereocenters. The first-order valence-electron chi connectivity index (χ1n) is 9.68. The Morgan fingerprint density at radius 3 is 2.59 bits per heavy atom. The smallest absolute Gasteiger partial charge is 0.340 e. The topological polar surface area (TPSA) is 89.8 Å². The third-order valence-electron chi connectivity index (χ3n) is 5.36. The zero-order valence-corrected chi connectivity index (χ0v) is 16.6. The summed E-state index contributed by atoms with van der Waals surface area (Å²) in [4.78, 5) is 37.4. The van der Waals surface area contributed by atoms with Crippen molar-refractivity contribution >= 4 is 23.6 Å². The molecule has 1 aromatic rings. The van der Waals surface area contributed by atoms with E-state index in [1.54, 1.807) is 30.0 Å². The van der Waals surface area contributed by atoms with E-state index in [-0.39, 0.29) is 22.7 Å². The number of non-ortho nitro benzene ring substituents is 1. The summed E-state index contributed by atoms with van der Waals surface area (Å²) >= 11 is 0. The SMILES string of the molecule is COC(=O)C1=C(C)N(CCC2=CCCCC2)C(=O)/C1=C\c1ccc([N+](=O)[O-])cc1. The van der Waals surface area contributed by atoms with Gasteiger partial charge in [-0.2, -0.15) is 0 Å². The summed E-state index contributed by atoms with van der Waals surface area (Å²) in [5, 5.41) is 10.8. The van der Waals surface area contributed by atoms with Crippen molar-refractivity contribution in [3.63, 3.8) is 0 Å². The molecular formula is C22H24N2O5. The third kappa shape index (κ3) is 4.45. The van der Waals surface area contributed by atoms with Crippen LogP contribution in [-0.4, -0.2) is 35.4 Å². The number of benzene rings is 1. The Morgan fingerprint density at radius 2 is 2.00 bits per heavy atom. The lowest BCUT2D eigenvalue weighted by Gasteiger charge is -2.20. The van der Waals surface area contributed by atoms with Gasteiger partial charge in [0.15, 0.2) is 0 Å². The van der Waals surface area contributed by atoms with E-state index < -0.39 is 10.9 Å². The summed E-state index contributed by atoms with van der Waals surface area (Å²) < 4.78 is 4.90. The van der Waals surface area contributed by atoms with Crippen LogP contribution in [0.5, 0.6) is 0 Å². The molecule has 0 saturated heterocycles. The number of methoxy groups -OCH3 is 1. The zero-order valence-electron chi connectivity index (χ0n) is 16.6. The van der Waals surface area contributed by atoms with Crippen LogP contribution in [0, 0.1) is 10.1 Å². The summed E-state index contributed by atoms with van der Waals surface area (Å²) in [6.07, 6.45) is 9.13. The number of hydrogen-bond donors (Lipinski definition) is 0. The van der Waals surface area contributed by atoms with E-state index >= 15 is 0 Å². The average Bonchev–Trinajstić information content (AvgIpc) is 2.96. The first-order valence-corrected chi connectivity index (χ1v) is 9.68. The van der Waals surface area contributed by atoms with Crippen molar-refractivity contribution in [3.05, 3.63) is 68.4 Å². The van der Waals surface area contributed by atoms with Crippen LogP contribution in [0.25, 0.3) is 6.08 Å². The predicted molar refractivity (Wildman–Crippen MR) is 109 cm³/mol. The van der Waals surface area contributed by atoms with Gasteiger partial charge in [0, 0.05) is 24.4 Å². The molecule has 1 heterocycles. The number of nitrogens with zero attached hydrogens (tertiary/aromatic N) is 2. The maximum atomic E-state index is 13.1. The fourth-order valence-corrected chi connectivity index (χ4v) is 3.74. The third-order valence-corrected chi connectivity index (χ3v) is 5.36. The maximum Gasteiger partial charge on any atom is 0.340 e. The predicted octanol–water partition coefficient (Wildman–Crippen LogP) is 4.16. The van der Waals surface area contributed by atoms with E-state index in [9.17, 15) is 19.7 Å². The fourth-order valence-electron chi connectivity index (χ4n) is 3.74. The average molecular weight is 396 g/mol. The molecule has 7 heteroatoms. The Kier molecular flexibility index (Phi) is 6.26. The van der Waals surface area contributed by atoms with Gasteiger partial charge in [0.2, 0.25) is 0 Å². The number of carbonyl (C=O) groups excluding carboxylic acids is 2. The number of esters is 1. The molecule has 0 radical (unpaired) electrons. The number of allylic oxidation sites excluding steroid dienone is 2. The summed E-state index contributed by atoms with van der Waals surface area (Å²) in [5.41, 5.74) is 2.99. The number of hydrogen-bond acceptors (Lipinski definition) is 5. The van der Waals surface area contributed by atoms with Crippen molar-refractivity contribution < 1.29 is 19.2 Å². The minimum atomic E-state index is -0.566. The Hall–Kier alpha value is -3.22. The van der Waals surface area contributed by atoms with E-state index in [0.717, 1.165) is 19.3 Å². The minimum absolute atomic E-state index is 0.0350. The van der Waals surface area contributed by atoms with Crippen molar-refractivity contribution in [3.8, 4) is 0 Å². The number of amides is 1. The highest BCUT2D eigenvalue weighted by Gasteiger charge is 2.36. The summed E-state index contributed by atoms with van der Waals surface area (Å²) in [5.74, 6) is -0.818. The van der Waals surface area contributed by atoms with Gasteiger partial charge in [0.25, 0.3) is 11.6 Å². The van der Waals surface area contributed by atoms with Gasteiger partial charge in [-0.25, -0.2) is 4.79 Å². The van der Waals surface area contributed by atoms with Crippen LogP contribution in [0.3, 0.4) is 0 Å². The van der Waals surface area contributed by atoms with Crippen molar-refractivity contribution in [1.82, 2.24) is 4.90 Å². The lowest BCUT2D eigenvalue weighted by atomic mass is 9.97. The van der Waals surface area contributed by atoms with Crippen LogP contribution in [0.2, 0.25) is 0 Å². The molecule has 29 heavy (non-hydrogen) atoms. The summed E-state index contributed by atoms with van der Waals surface area (Å²) in [6.45, 7) is 2.25. The molecule has 1 aromatic carbocycles. The molecule has 0 N–H and O–H groups in total. The molecule has 7 nitrogen and oxygen atoms in total. The minimum Gasteiger partial charge on any atom is -0.465 e. The van der Waals surface area contributed by atoms with Crippen LogP contribution in [0.4, 0.5) is 5.69 Å². The van der Waals surface area contributed by atoms with Gasteiger partial charge in [0.05, 0.1) is 23.2 Å². The van der Waals surface area contributed by atoms with Gasteiger partial charge in [-0.3, -0.25) is 14.9 Å². The Labute approximate surface area is 169 Å². The highest BCUT2D eigenvalue weighted by Crippen LogP contribution is 2.33. The van der Waals surface area contributed by atoms with Gasteiger partial charge in [-0.15, -0.1) is 0 Å². The van der Waals surface area contributed by atoms with Gasteiger partial charge >= 0.3 is 5.97 Å². The Balaban J connectivity index is 1.89. The van der Waals surface area contributed by atoms with E-state index in [4.69, 9.17) is 4.74 Å². The molecular weight excluding hydrogens is 372 g/mol. The molecule has 1 amide bonds. The van der Waals surface area contributed by atoms with Crippen LogP contribution in [0.15, 0.2) is 52.8 Å². The molecule has 1 aliphatic carbocycles. The van der Waals surface area contributed by atoms with Crippen LogP contribution in [0.1, 0.15) is 44.6 Å². The highest BCUT2D eigenvalue weighted by atomic mass is 16.6. The second-order valence-electron chi connectivity index (χ2n) is 7.17. The van der Waals surface area contributed by atoms with E-state index in [1.165, 1.54) is 37.7 Å². The number of ether oxygens (including phenoxy) is 1. The molecule has 0 saturated carbocycles. The molecule has 152 valence electrons. The van der Waals surface area contributed by atoms with E-state index in [2.05, 4.69) is 6.08 Å².